The standard InChI is InChI=1S/C18H26N2O/c1-14-19-17(12-15-8-4-2-5-9-15)18(21)20(14)13-16-10-6-3-7-11-16/h2,4-5,8-9,14,16-17,19H,3,6-7,10-13H2,1H3. The van der Waals surface area contributed by atoms with Crippen LogP contribution < -0.4 is 5.32 Å². The third kappa shape index (κ3) is 3.46. The predicted molar refractivity (Wildman–Crippen MR) is 84.8 cm³/mol. The Morgan fingerprint density at radius 1 is 1.14 bits per heavy atom. The van der Waals surface area contributed by atoms with Crippen LogP contribution in [-0.4, -0.2) is 29.6 Å². The van der Waals surface area contributed by atoms with E-state index in [9.17, 15) is 4.79 Å². The molecule has 2 aliphatic rings. The molecule has 3 nitrogen and oxygen atoms in total. The molecule has 0 aromatic heterocycles. The number of rotatable bonds is 4. The maximum atomic E-state index is 12.7. The highest BCUT2D eigenvalue weighted by Crippen LogP contribution is 2.26. The molecule has 1 saturated heterocycles. The van der Waals surface area contributed by atoms with E-state index < -0.39 is 0 Å². The Bertz CT molecular complexity index is 467. The SMILES string of the molecule is CC1NC(Cc2ccccc2)C(=O)N1CC1CCCCC1. The molecule has 2 fully saturated rings. The lowest BCUT2D eigenvalue weighted by molar-refractivity contribution is -0.130. The fraction of sp³-hybridized carbons (Fsp3) is 0.611. The minimum Gasteiger partial charge on any atom is -0.326 e. The largest absolute Gasteiger partial charge is 0.326 e. The van der Waals surface area contributed by atoms with Gasteiger partial charge in [0, 0.05) is 6.54 Å². The molecule has 0 spiro atoms. The van der Waals surface area contributed by atoms with Gasteiger partial charge in [0.2, 0.25) is 5.91 Å². The maximum absolute atomic E-state index is 12.7. The van der Waals surface area contributed by atoms with Crippen molar-refractivity contribution in [1.29, 1.82) is 0 Å². The molecule has 21 heavy (non-hydrogen) atoms. The van der Waals surface area contributed by atoms with Gasteiger partial charge in [-0.05, 0) is 37.7 Å². The Morgan fingerprint density at radius 2 is 1.86 bits per heavy atom. The molecule has 3 rings (SSSR count). The molecule has 114 valence electrons. The lowest BCUT2D eigenvalue weighted by Gasteiger charge is -2.29. The van der Waals surface area contributed by atoms with Gasteiger partial charge >= 0.3 is 0 Å². The van der Waals surface area contributed by atoms with Gasteiger partial charge in [-0.15, -0.1) is 0 Å². The van der Waals surface area contributed by atoms with E-state index in [1.165, 1.54) is 37.7 Å². The number of hydrogen-bond acceptors (Lipinski definition) is 2. The van der Waals surface area contributed by atoms with Crippen molar-refractivity contribution in [3.63, 3.8) is 0 Å². The lowest BCUT2D eigenvalue weighted by atomic mass is 9.89. The molecule has 1 aromatic rings. The molecule has 1 amide bonds. The summed E-state index contributed by atoms with van der Waals surface area (Å²) in [5.41, 5.74) is 1.23. The van der Waals surface area contributed by atoms with Crippen molar-refractivity contribution in [2.45, 2.75) is 57.7 Å². The predicted octanol–water partition coefficient (Wildman–Crippen LogP) is 2.96. The summed E-state index contributed by atoms with van der Waals surface area (Å²) in [5, 5.41) is 3.47. The molecule has 0 radical (unpaired) electrons. The average molecular weight is 286 g/mol. The molecule has 1 N–H and O–H groups in total. The highest BCUT2D eigenvalue weighted by atomic mass is 16.2. The van der Waals surface area contributed by atoms with Crippen LogP contribution >= 0.6 is 0 Å². The summed E-state index contributed by atoms with van der Waals surface area (Å²) >= 11 is 0. The van der Waals surface area contributed by atoms with E-state index >= 15 is 0 Å². The second-order valence-electron chi connectivity index (χ2n) is 6.58. The molecule has 1 saturated carbocycles. The Kier molecular flexibility index (Phi) is 4.59. The monoisotopic (exact) mass is 286 g/mol. The van der Waals surface area contributed by atoms with E-state index in [0.29, 0.717) is 5.92 Å². The summed E-state index contributed by atoms with van der Waals surface area (Å²) in [7, 11) is 0. The number of carbonyl (C=O) groups is 1. The van der Waals surface area contributed by atoms with Crippen LogP contribution in [0.3, 0.4) is 0 Å². The molecule has 1 aliphatic heterocycles. The first-order chi connectivity index (χ1) is 10.2. The molecule has 1 heterocycles. The number of amides is 1. The topological polar surface area (TPSA) is 32.3 Å². The third-order valence-electron chi connectivity index (χ3n) is 4.95. The van der Waals surface area contributed by atoms with E-state index in [4.69, 9.17) is 0 Å². The van der Waals surface area contributed by atoms with E-state index in [-0.39, 0.29) is 18.1 Å². The Morgan fingerprint density at radius 3 is 2.57 bits per heavy atom. The van der Waals surface area contributed by atoms with E-state index in [2.05, 4.69) is 29.3 Å². The number of carbonyl (C=O) groups excluding carboxylic acids is 1. The second-order valence-corrected chi connectivity index (χ2v) is 6.58. The summed E-state index contributed by atoms with van der Waals surface area (Å²) in [6.45, 7) is 3.06. The first-order valence-electron chi connectivity index (χ1n) is 8.34. The number of hydrogen-bond donors (Lipinski definition) is 1. The number of nitrogens with one attached hydrogen (secondary N) is 1. The first kappa shape index (κ1) is 14.6. The van der Waals surface area contributed by atoms with Crippen LogP contribution in [0.1, 0.15) is 44.6 Å². The minimum absolute atomic E-state index is 0.0500. The van der Waals surface area contributed by atoms with Gasteiger partial charge in [-0.3, -0.25) is 10.1 Å². The summed E-state index contributed by atoms with van der Waals surface area (Å²) in [6, 6.07) is 10.2. The Labute approximate surface area is 127 Å². The molecule has 0 bridgehead atoms. The minimum atomic E-state index is -0.0500. The molecular formula is C18H26N2O. The van der Waals surface area contributed by atoms with Crippen molar-refractivity contribution in [2.75, 3.05) is 6.54 Å². The highest BCUT2D eigenvalue weighted by Gasteiger charge is 2.37. The quantitative estimate of drug-likeness (QED) is 0.923. The van der Waals surface area contributed by atoms with Gasteiger partial charge in [0.1, 0.15) is 0 Å². The molecule has 1 aliphatic carbocycles. The van der Waals surface area contributed by atoms with Crippen LogP contribution in [0.4, 0.5) is 0 Å². The van der Waals surface area contributed by atoms with E-state index in [1.54, 1.807) is 0 Å². The van der Waals surface area contributed by atoms with Gasteiger partial charge in [-0.1, -0.05) is 49.6 Å². The fourth-order valence-corrected chi connectivity index (χ4v) is 3.74. The van der Waals surface area contributed by atoms with Gasteiger partial charge in [0.25, 0.3) is 0 Å². The van der Waals surface area contributed by atoms with Gasteiger partial charge in [-0.25, -0.2) is 0 Å². The zero-order valence-electron chi connectivity index (χ0n) is 12.9. The van der Waals surface area contributed by atoms with Crippen LogP contribution in [0.5, 0.6) is 0 Å². The number of benzene rings is 1. The van der Waals surface area contributed by atoms with Crippen LogP contribution in [0.25, 0.3) is 0 Å². The van der Waals surface area contributed by atoms with Gasteiger partial charge in [0.15, 0.2) is 0 Å². The third-order valence-corrected chi connectivity index (χ3v) is 4.95. The van der Waals surface area contributed by atoms with Crippen molar-refractivity contribution >= 4 is 5.91 Å². The average Bonchev–Trinajstić information content (AvgIpc) is 2.77. The van der Waals surface area contributed by atoms with Crippen LogP contribution in [0, 0.1) is 5.92 Å². The van der Waals surface area contributed by atoms with Crippen LogP contribution in [0.15, 0.2) is 30.3 Å². The lowest BCUT2D eigenvalue weighted by Crippen LogP contribution is -2.38. The van der Waals surface area contributed by atoms with Crippen molar-refractivity contribution < 1.29 is 4.79 Å². The van der Waals surface area contributed by atoms with Gasteiger partial charge in [0.05, 0.1) is 12.2 Å². The Hall–Kier alpha value is -1.35. The van der Waals surface area contributed by atoms with Crippen molar-refractivity contribution in [3.05, 3.63) is 35.9 Å². The molecular weight excluding hydrogens is 260 g/mol. The second kappa shape index (κ2) is 6.61. The fourth-order valence-electron chi connectivity index (χ4n) is 3.74. The van der Waals surface area contributed by atoms with Crippen molar-refractivity contribution in [2.24, 2.45) is 5.92 Å². The molecule has 2 atom stereocenters. The van der Waals surface area contributed by atoms with Gasteiger partial charge < -0.3 is 4.90 Å². The smallest absolute Gasteiger partial charge is 0.241 e. The molecule has 1 aromatic carbocycles. The van der Waals surface area contributed by atoms with Gasteiger partial charge in [-0.2, -0.15) is 0 Å². The maximum Gasteiger partial charge on any atom is 0.241 e. The first-order valence-corrected chi connectivity index (χ1v) is 8.34. The zero-order valence-corrected chi connectivity index (χ0v) is 12.9. The normalized spacial score (nSPS) is 27.3. The molecule has 3 heteroatoms. The highest BCUT2D eigenvalue weighted by molar-refractivity contribution is 5.84. The number of nitrogens with zero attached hydrogens (tertiary/aromatic N) is 1. The molecule has 2 unspecified atom stereocenters. The summed E-state index contributed by atoms with van der Waals surface area (Å²) in [4.78, 5) is 14.7. The zero-order chi connectivity index (χ0) is 14.7. The summed E-state index contributed by atoms with van der Waals surface area (Å²) in [5.74, 6) is 0.999. The summed E-state index contributed by atoms with van der Waals surface area (Å²) in [6.07, 6.45) is 7.59. The van der Waals surface area contributed by atoms with Crippen LogP contribution in [-0.2, 0) is 11.2 Å². The van der Waals surface area contributed by atoms with Crippen molar-refractivity contribution in [1.82, 2.24) is 10.2 Å². The van der Waals surface area contributed by atoms with E-state index in [0.717, 1.165) is 13.0 Å². The van der Waals surface area contributed by atoms with Crippen molar-refractivity contribution in [3.8, 4) is 0 Å². The van der Waals surface area contributed by atoms with E-state index in [1.807, 2.05) is 18.2 Å². The Balaban J connectivity index is 1.60. The summed E-state index contributed by atoms with van der Waals surface area (Å²) < 4.78 is 0. The van der Waals surface area contributed by atoms with Crippen LogP contribution in [0.2, 0.25) is 0 Å².